The van der Waals surface area contributed by atoms with Crippen molar-refractivity contribution in [2.75, 3.05) is 6.61 Å². The number of hydrogen-bond acceptors (Lipinski definition) is 3. The van der Waals surface area contributed by atoms with Gasteiger partial charge in [0.25, 0.3) is 8.32 Å². The number of aldehydes is 1. The van der Waals surface area contributed by atoms with Crippen molar-refractivity contribution in [3.63, 3.8) is 0 Å². The molecular formula is C15H24O3Si. The molecule has 0 unspecified atom stereocenters. The molecule has 0 radical (unpaired) electrons. The fourth-order valence-electron chi connectivity index (χ4n) is 1.38. The zero-order valence-electron chi connectivity index (χ0n) is 12.7. The second-order valence-electron chi connectivity index (χ2n) is 6.12. The summed E-state index contributed by atoms with van der Waals surface area (Å²) in [6.07, 6.45) is 0.818. The van der Waals surface area contributed by atoms with E-state index in [4.69, 9.17) is 9.16 Å². The van der Waals surface area contributed by atoms with E-state index in [1.807, 2.05) is 13.0 Å². The van der Waals surface area contributed by atoms with Crippen LogP contribution in [0, 0.1) is 0 Å². The number of carbonyl (C=O) groups is 1. The van der Waals surface area contributed by atoms with Crippen LogP contribution in [-0.4, -0.2) is 21.2 Å². The summed E-state index contributed by atoms with van der Waals surface area (Å²) in [6.45, 7) is 13.4. The van der Waals surface area contributed by atoms with Crippen molar-refractivity contribution in [2.45, 2.75) is 45.8 Å². The Balaban J connectivity index is 3.10. The van der Waals surface area contributed by atoms with Gasteiger partial charge in [0, 0.05) is 5.56 Å². The van der Waals surface area contributed by atoms with Gasteiger partial charge in [-0.2, -0.15) is 0 Å². The van der Waals surface area contributed by atoms with Crippen LogP contribution in [-0.2, 0) is 0 Å². The predicted molar refractivity (Wildman–Crippen MR) is 80.8 cm³/mol. The van der Waals surface area contributed by atoms with Gasteiger partial charge in [0.05, 0.1) is 6.61 Å². The number of rotatable bonds is 5. The second-order valence-corrected chi connectivity index (χ2v) is 10.8. The highest BCUT2D eigenvalue weighted by molar-refractivity contribution is 6.74. The standard InChI is InChI=1S/C15H24O3Si/c1-7-17-14-10-12(11-16)8-9-13(14)18-19(5,6)15(2,3)4/h8-11H,7H2,1-6H3. The highest BCUT2D eigenvalue weighted by Gasteiger charge is 2.39. The van der Waals surface area contributed by atoms with Crippen LogP contribution in [0.3, 0.4) is 0 Å². The maximum atomic E-state index is 10.8. The van der Waals surface area contributed by atoms with Crippen molar-refractivity contribution >= 4 is 14.6 Å². The van der Waals surface area contributed by atoms with Crippen molar-refractivity contribution in [2.24, 2.45) is 0 Å². The topological polar surface area (TPSA) is 35.5 Å². The molecule has 1 rings (SSSR count). The van der Waals surface area contributed by atoms with Crippen LogP contribution in [0.15, 0.2) is 18.2 Å². The lowest BCUT2D eigenvalue weighted by Crippen LogP contribution is -2.43. The molecule has 0 bridgehead atoms. The third-order valence-electron chi connectivity index (χ3n) is 3.57. The van der Waals surface area contributed by atoms with Gasteiger partial charge in [-0.15, -0.1) is 0 Å². The second kappa shape index (κ2) is 5.78. The van der Waals surface area contributed by atoms with Gasteiger partial charge in [0.1, 0.15) is 12.0 Å². The van der Waals surface area contributed by atoms with E-state index in [0.717, 1.165) is 12.0 Å². The average molecular weight is 280 g/mol. The molecule has 0 saturated heterocycles. The highest BCUT2D eigenvalue weighted by atomic mass is 28.4. The zero-order chi connectivity index (χ0) is 14.7. The third kappa shape index (κ3) is 3.83. The van der Waals surface area contributed by atoms with Gasteiger partial charge >= 0.3 is 0 Å². The molecule has 0 heterocycles. The summed E-state index contributed by atoms with van der Waals surface area (Å²) in [6, 6.07) is 5.33. The summed E-state index contributed by atoms with van der Waals surface area (Å²) in [5.74, 6) is 1.39. The SMILES string of the molecule is CCOc1cc(C=O)ccc1O[Si](C)(C)C(C)(C)C. The van der Waals surface area contributed by atoms with Crippen LogP contribution in [0.5, 0.6) is 11.5 Å². The van der Waals surface area contributed by atoms with Gasteiger partial charge in [-0.05, 0) is 43.3 Å². The smallest absolute Gasteiger partial charge is 0.250 e. The summed E-state index contributed by atoms with van der Waals surface area (Å²) < 4.78 is 11.8. The molecule has 0 aliphatic heterocycles. The summed E-state index contributed by atoms with van der Waals surface area (Å²) in [5, 5.41) is 0.125. The van der Waals surface area contributed by atoms with E-state index < -0.39 is 8.32 Å². The first-order chi connectivity index (χ1) is 8.71. The first kappa shape index (κ1) is 15.8. The molecule has 0 amide bonds. The average Bonchev–Trinajstić information content (AvgIpc) is 2.30. The molecule has 0 N–H and O–H groups in total. The molecule has 0 aromatic heterocycles. The van der Waals surface area contributed by atoms with Crippen molar-refractivity contribution in [1.82, 2.24) is 0 Å². The summed E-state index contributed by atoms with van der Waals surface area (Å²) >= 11 is 0. The summed E-state index contributed by atoms with van der Waals surface area (Å²) in [7, 11) is -1.90. The van der Waals surface area contributed by atoms with Gasteiger partial charge < -0.3 is 9.16 Å². The van der Waals surface area contributed by atoms with Crippen LogP contribution < -0.4 is 9.16 Å². The quantitative estimate of drug-likeness (QED) is 0.596. The molecule has 4 heteroatoms. The van der Waals surface area contributed by atoms with E-state index >= 15 is 0 Å². The van der Waals surface area contributed by atoms with E-state index in [-0.39, 0.29) is 5.04 Å². The Kier molecular flexibility index (Phi) is 4.79. The minimum absolute atomic E-state index is 0.125. The lowest BCUT2D eigenvalue weighted by molar-refractivity contribution is 0.112. The van der Waals surface area contributed by atoms with Gasteiger partial charge in [-0.1, -0.05) is 20.8 Å². The number of ether oxygens (including phenoxy) is 1. The van der Waals surface area contributed by atoms with Gasteiger partial charge in [-0.25, -0.2) is 0 Å². The molecule has 106 valence electrons. The molecule has 1 aromatic rings. The number of carbonyl (C=O) groups excluding carboxylic acids is 1. The maximum Gasteiger partial charge on any atom is 0.250 e. The monoisotopic (exact) mass is 280 g/mol. The lowest BCUT2D eigenvalue weighted by Gasteiger charge is -2.36. The Morgan fingerprint density at radius 3 is 2.32 bits per heavy atom. The van der Waals surface area contributed by atoms with Gasteiger partial charge in [0.2, 0.25) is 0 Å². The van der Waals surface area contributed by atoms with Crippen LogP contribution in [0.4, 0.5) is 0 Å². The Morgan fingerprint density at radius 1 is 1.21 bits per heavy atom. The van der Waals surface area contributed by atoms with Crippen molar-refractivity contribution in [3.05, 3.63) is 23.8 Å². The Hall–Kier alpha value is -1.29. The fraction of sp³-hybridized carbons (Fsp3) is 0.533. The molecule has 0 saturated carbocycles. The van der Waals surface area contributed by atoms with E-state index in [1.165, 1.54) is 0 Å². The molecule has 0 fully saturated rings. The molecule has 3 nitrogen and oxygen atoms in total. The number of benzene rings is 1. The first-order valence-corrected chi connectivity index (χ1v) is 9.53. The van der Waals surface area contributed by atoms with E-state index in [1.54, 1.807) is 12.1 Å². The lowest BCUT2D eigenvalue weighted by atomic mass is 10.2. The van der Waals surface area contributed by atoms with Crippen molar-refractivity contribution < 1.29 is 14.0 Å². The highest BCUT2D eigenvalue weighted by Crippen LogP contribution is 2.40. The van der Waals surface area contributed by atoms with Crippen LogP contribution in [0.25, 0.3) is 0 Å². The first-order valence-electron chi connectivity index (χ1n) is 6.62. The Morgan fingerprint density at radius 2 is 1.84 bits per heavy atom. The number of hydrogen-bond donors (Lipinski definition) is 0. The minimum Gasteiger partial charge on any atom is -0.541 e. The van der Waals surface area contributed by atoms with E-state index in [2.05, 4.69) is 33.9 Å². The van der Waals surface area contributed by atoms with Crippen LogP contribution in [0.2, 0.25) is 18.1 Å². The predicted octanol–water partition coefficient (Wildman–Crippen LogP) is 4.28. The minimum atomic E-state index is -1.90. The molecule has 0 aliphatic rings. The van der Waals surface area contributed by atoms with Gasteiger partial charge in [-0.3, -0.25) is 4.79 Å². The Labute approximate surface area is 117 Å². The zero-order valence-corrected chi connectivity index (χ0v) is 13.7. The van der Waals surface area contributed by atoms with Crippen LogP contribution in [0.1, 0.15) is 38.1 Å². The van der Waals surface area contributed by atoms with Crippen molar-refractivity contribution in [3.8, 4) is 11.5 Å². The molecule has 1 aromatic carbocycles. The molecule has 19 heavy (non-hydrogen) atoms. The maximum absolute atomic E-state index is 10.8. The van der Waals surface area contributed by atoms with Crippen molar-refractivity contribution in [1.29, 1.82) is 0 Å². The molecular weight excluding hydrogens is 256 g/mol. The molecule has 0 spiro atoms. The summed E-state index contributed by atoms with van der Waals surface area (Å²) in [4.78, 5) is 10.8. The Bertz CT molecular complexity index is 447. The normalized spacial score (nSPS) is 12.1. The largest absolute Gasteiger partial charge is 0.541 e. The molecule has 0 atom stereocenters. The third-order valence-corrected chi connectivity index (χ3v) is 7.92. The molecule has 0 aliphatic carbocycles. The van der Waals surface area contributed by atoms with Crippen LogP contribution >= 0.6 is 0 Å². The summed E-state index contributed by atoms with van der Waals surface area (Å²) in [5.41, 5.74) is 0.603. The van der Waals surface area contributed by atoms with E-state index in [0.29, 0.717) is 17.9 Å². The van der Waals surface area contributed by atoms with Gasteiger partial charge in [0.15, 0.2) is 5.75 Å². The fourth-order valence-corrected chi connectivity index (χ4v) is 2.40. The van der Waals surface area contributed by atoms with E-state index in [9.17, 15) is 4.79 Å².